The van der Waals surface area contributed by atoms with E-state index in [-0.39, 0.29) is 5.78 Å². The van der Waals surface area contributed by atoms with Crippen molar-refractivity contribution in [1.82, 2.24) is 5.32 Å². The first-order valence-electron chi connectivity index (χ1n) is 7.03. The SMILES string of the molecule is Nc1cccc(C(=O)CNCCC2=CCCCC2)c1. The highest BCUT2D eigenvalue weighted by Gasteiger charge is 2.06. The molecule has 0 aliphatic heterocycles. The zero-order chi connectivity index (χ0) is 13.5. The van der Waals surface area contributed by atoms with Crippen molar-refractivity contribution in [3.05, 3.63) is 41.5 Å². The van der Waals surface area contributed by atoms with Crippen molar-refractivity contribution in [2.24, 2.45) is 0 Å². The van der Waals surface area contributed by atoms with E-state index in [4.69, 9.17) is 5.73 Å². The van der Waals surface area contributed by atoms with Crippen LogP contribution in [0.2, 0.25) is 0 Å². The van der Waals surface area contributed by atoms with Crippen molar-refractivity contribution in [2.45, 2.75) is 32.1 Å². The third kappa shape index (κ3) is 4.52. The molecule has 0 radical (unpaired) electrons. The number of rotatable bonds is 6. The molecule has 3 heteroatoms. The molecule has 0 amide bonds. The van der Waals surface area contributed by atoms with E-state index >= 15 is 0 Å². The lowest BCUT2D eigenvalue weighted by Gasteiger charge is -2.12. The molecule has 0 spiro atoms. The number of ketones is 1. The van der Waals surface area contributed by atoms with Crippen molar-refractivity contribution in [3.63, 3.8) is 0 Å². The summed E-state index contributed by atoms with van der Waals surface area (Å²) in [5.41, 5.74) is 8.53. The van der Waals surface area contributed by atoms with Gasteiger partial charge in [-0.15, -0.1) is 0 Å². The van der Waals surface area contributed by atoms with Gasteiger partial charge in [-0.05, 0) is 50.8 Å². The molecule has 0 aromatic heterocycles. The molecule has 0 saturated carbocycles. The number of allylic oxidation sites excluding steroid dienone is 1. The Hall–Kier alpha value is -1.61. The first kappa shape index (κ1) is 13.8. The quantitative estimate of drug-likeness (QED) is 0.357. The first-order valence-corrected chi connectivity index (χ1v) is 7.03. The van der Waals surface area contributed by atoms with E-state index in [1.54, 1.807) is 12.1 Å². The van der Waals surface area contributed by atoms with Gasteiger partial charge in [-0.3, -0.25) is 4.79 Å². The number of nitrogens with two attached hydrogens (primary N) is 1. The maximum atomic E-state index is 11.9. The van der Waals surface area contributed by atoms with E-state index in [0.717, 1.165) is 13.0 Å². The number of anilines is 1. The van der Waals surface area contributed by atoms with Crippen LogP contribution in [0.1, 0.15) is 42.5 Å². The molecule has 2 rings (SSSR count). The fraction of sp³-hybridized carbons (Fsp3) is 0.438. The number of carbonyl (C=O) groups excluding carboxylic acids is 1. The molecule has 3 nitrogen and oxygen atoms in total. The molecular formula is C16H22N2O. The predicted molar refractivity (Wildman–Crippen MR) is 79.2 cm³/mol. The molecule has 1 aromatic carbocycles. The second kappa shape index (κ2) is 7.10. The molecule has 0 unspecified atom stereocenters. The largest absolute Gasteiger partial charge is 0.399 e. The smallest absolute Gasteiger partial charge is 0.176 e. The average Bonchev–Trinajstić information content (AvgIpc) is 2.44. The topological polar surface area (TPSA) is 55.1 Å². The molecule has 1 aliphatic carbocycles. The summed E-state index contributed by atoms with van der Waals surface area (Å²) in [6, 6.07) is 7.15. The van der Waals surface area contributed by atoms with Crippen LogP contribution in [0.15, 0.2) is 35.9 Å². The zero-order valence-electron chi connectivity index (χ0n) is 11.3. The third-order valence-corrected chi connectivity index (χ3v) is 3.50. The second-order valence-corrected chi connectivity index (χ2v) is 5.08. The van der Waals surface area contributed by atoms with Gasteiger partial charge in [0.05, 0.1) is 6.54 Å². The Morgan fingerprint density at radius 2 is 2.21 bits per heavy atom. The lowest BCUT2D eigenvalue weighted by Crippen LogP contribution is -2.24. The van der Waals surface area contributed by atoms with Crippen LogP contribution in [-0.2, 0) is 0 Å². The molecule has 102 valence electrons. The summed E-state index contributed by atoms with van der Waals surface area (Å²) in [4.78, 5) is 11.9. The number of hydrogen-bond acceptors (Lipinski definition) is 3. The second-order valence-electron chi connectivity index (χ2n) is 5.08. The Bertz CT molecular complexity index is 466. The first-order chi connectivity index (χ1) is 9.25. The van der Waals surface area contributed by atoms with E-state index in [1.165, 1.54) is 31.3 Å². The average molecular weight is 258 g/mol. The molecule has 19 heavy (non-hydrogen) atoms. The van der Waals surface area contributed by atoms with Crippen LogP contribution in [0.4, 0.5) is 5.69 Å². The summed E-state index contributed by atoms with van der Waals surface area (Å²) in [5.74, 6) is 0.102. The minimum Gasteiger partial charge on any atom is -0.399 e. The molecule has 1 aliphatic rings. The van der Waals surface area contributed by atoms with Gasteiger partial charge in [0, 0.05) is 11.3 Å². The van der Waals surface area contributed by atoms with E-state index in [0.29, 0.717) is 17.8 Å². The highest BCUT2D eigenvalue weighted by molar-refractivity contribution is 5.98. The van der Waals surface area contributed by atoms with Gasteiger partial charge in [0.1, 0.15) is 0 Å². The molecule has 0 saturated heterocycles. The van der Waals surface area contributed by atoms with Crippen molar-refractivity contribution in [2.75, 3.05) is 18.8 Å². The Morgan fingerprint density at radius 3 is 2.95 bits per heavy atom. The lowest BCUT2D eigenvalue weighted by atomic mass is 9.97. The molecule has 0 fully saturated rings. The van der Waals surface area contributed by atoms with E-state index in [9.17, 15) is 4.79 Å². The lowest BCUT2D eigenvalue weighted by molar-refractivity contribution is 0.0991. The molecule has 1 aromatic rings. The predicted octanol–water partition coefficient (Wildman–Crippen LogP) is 2.93. The molecular weight excluding hydrogens is 236 g/mol. The van der Waals surface area contributed by atoms with Gasteiger partial charge in [0.15, 0.2) is 5.78 Å². The highest BCUT2D eigenvalue weighted by Crippen LogP contribution is 2.19. The number of hydrogen-bond donors (Lipinski definition) is 2. The van der Waals surface area contributed by atoms with Gasteiger partial charge in [0.25, 0.3) is 0 Å². The van der Waals surface area contributed by atoms with Crippen molar-refractivity contribution >= 4 is 11.5 Å². The summed E-state index contributed by atoms with van der Waals surface area (Å²) in [5, 5.41) is 3.22. The van der Waals surface area contributed by atoms with E-state index < -0.39 is 0 Å². The molecule has 3 N–H and O–H groups in total. The van der Waals surface area contributed by atoms with Gasteiger partial charge >= 0.3 is 0 Å². The number of nitrogens with one attached hydrogen (secondary N) is 1. The Morgan fingerprint density at radius 1 is 1.32 bits per heavy atom. The van der Waals surface area contributed by atoms with Crippen molar-refractivity contribution in [3.8, 4) is 0 Å². The Balaban J connectivity index is 1.70. The van der Waals surface area contributed by atoms with Crippen LogP contribution in [0.5, 0.6) is 0 Å². The number of carbonyl (C=O) groups is 1. The van der Waals surface area contributed by atoms with Gasteiger partial charge in [0.2, 0.25) is 0 Å². The van der Waals surface area contributed by atoms with Gasteiger partial charge < -0.3 is 11.1 Å². The van der Waals surface area contributed by atoms with Crippen molar-refractivity contribution in [1.29, 1.82) is 0 Å². The normalized spacial score (nSPS) is 15.1. The summed E-state index contributed by atoms with van der Waals surface area (Å²) >= 11 is 0. The van der Waals surface area contributed by atoms with E-state index in [1.807, 2.05) is 12.1 Å². The maximum Gasteiger partial charge on any atom is 0.176 e. The molecule has 0 heterocycles. The van der Waals surface area contributed by atoms with Crippen LogP contribution in [0.3, 0.4) is 0 Å². The monoisotopic (exact) mass is 258 g/mol. The van der Waals surface area contributed by atoms with Crippen LogP contribution in [0, 0.1) is 0 Å². The zero-order valence-corrected chi connectivity index (χ0v) is 11.3. The molecule has 0 atom stereocenters. The summed E-state index contributed by atoms with van der Waals surface area (Å²) in [6.07, 6.45) is 8.50. The van der Waals surface area contributed by atoms with Gasteiger partial charge in [-0.1, -0.05) is 23.8 Å². The van der Waals surface area contributed by atoms with Crippen LogP contribution in [0.25, 0.3) is 0 Å². The third-order valence-electron chi connectivity index (χ3n) is 3.50. The van der Waals surface area contributed by atoms with Gasteiger partial charge in [-0.25, -0.2) is 0 Å². The summed E-state index contributed by atoms with van der Waals surface area (Å²) in [7, 11) is 0. The summed E-state index contributed by atoms with van der Waals surface area (Å²) in [6.45, 7) is 1.26. The standard InChI is InChI=1S/C16H22N2O/c17-15-8-4-7-14(11-15)16(19)12-18-10-9-13-5-2-1-3-6-13/h4-5,7-8,11,18H,1-3,6,9-10,12,17H2. The van der Waals surface area contributed by atoms with Crippen LogP contribution < -0.4 is 11.1 Å². The number of benzene rings is 1. The van der Waals surface area contributed by atoms with Crippen LogP contribution in [-0.4, -0.2) is 18.9 Å². The fourth-order valence-electron chi connectivity index (χ4n) is 2.40. The highest BCUT2D eigenvalue weighted by atomic mass is 16.1. The number of nitrogen functional groups attached to an aromatic ring is 1. The number of Topliss-reactive ketones (excluding diaryl/α,β-unsaturated/α-hetero) is 1. The van der Waals surface area contributed by atoms with Gasteiger partial charge in [-0.2, -0.15) is 0 Å². The fourth-order valence-corrected chi connectivity index (χ4v) is 2.40. The molecule has 0 bridgehead atoms. The Kier molecular flexibility index (Phi) is 5.16. The van der Waals surface area contributed by atoms with E-state index in [2.05, 4.69) is 11.4 Å². The minimum atomic E-state index is 0.102. The summed E-state index contributed by atoms with van der Waals surface area (Å²) < 4.78 is 0. The Labute approximate surface area is 114 Å². The van der Waals surface area contributed by atoms with Crippen molar-refractivity contribution < 1.29 is 4.79 Å². The minimum absolute atomic E-state index is 0.102. The van der Waals surface area contributed by atoms with Crippen LogP contribution >= 0.6 is 0 Å². The maximum absolute atomic E-state index is 11.9.